The molecule has 9 heteroatoms. The Labute approximate surface area is 247 Å². The van der Waals surface area contributed by atoms with E-state index < -0.39 is 11.9 Å². The number of allylic oxidation sites excluding steroid dienone is 1. The minimum Gasteiger partial charge on any atom is -0.490 e. The van der Waals surface area contributed by atoms with E-state index in [9.17, 15) is 10.1 Å². The SMILES string of the molecule is CCCCOc1ccc(C2C(C#N)=C(N)Oc3cc(OC(=O)c4sc5cc(C)ccc5c4Cl)ccc32)cc1OCC. The molecular weight excluding hydrogens is 560 g/mol. The second-order valence-corrected chi connectivity index (χ2v) is 11.0. The Hall–Kier alpha value is -4.19. The number of ether oxygens (including phenoxy) is 4. The van der Waals surface area contributed by atoms with Crippen LogP contribution in [-0.4, -0.2) is 19.2 Å². The van der Waals surface area contributed by atoms with Crippen LogP contribution in [0.2, 0.25) is 5.02 Å². The van der Waals surface area contributed by atoms with Crippen molar-refractivity contribution < 1.29 is 23.7 Å². The Morgan fingerprint density at radius 2 is 1.93 bits per heavy atom. The van der Waals surface area contributed by atoms with Crippen molar-refractivity contribution in [1.29, 1.82) is 5.26 Å². The third-order valence-electron chi connectivity index (χ3n) is 6.73. The molecule has 0 saturated heterocycles. The van der Waals surface area contributed by atoms with Crippen LogP contribution in [0.5, 0.6) is 23.0 Å². The summed E-state index contributed by atoms with van der Waals surface area (Å²) < 4.78 is 24.2. The maximum atomic E-state index is 13.1. The second kappa shape index (κ2) is 12.1. The van der Waals surface area contributed by atoms with Gasteiger partial charge < -0.3 is 24.7 Å². The molecule has 1 unspecified atom stereocenters. The standard InChI is InChI=1S/C32H29ClN2O5S/c1-4-6-13-38-24-12-8-19(15-26(24)37-5-2)28-21-11-9-20(16-25(21)40-31(35)23(28)17-34)39-32(36)30-29(33)22-10-7-18(3)14-27(22)41-30/h7-12,14-16,28H,4-6,13,35H2,1-3H3. The molecule has 0 saturated carbocycles. The molecule has 0 amide bonds. The number of nitrogens with zero attached hydrogens (tertiary/aromatic N) is 1. The Kier molecular flexibility index (Phi) is 8.39. The highest BCUT2D eigenvalue weighted by atomic mass is 35.5. The number of hydrogen-bond acceptors (Lipinski definition) is 8. The summed E-state index contributed by atoms with van der Waals surface area (Å²) in [6, 6.07) is 18.7. The number of nitriles is 1. The lowest BCUT2D eigenvalue weighted by Gasteiger charge is -2.27. The van der Waals surface area contributed by atoms with Crippen molar-refractivity contribution in [2.75, 3.05) is 13.2 Å². The predicted molar refractivity (Wildman–Crippen MR) is 160 cm³/mol. The zero-order valence-corrected chi connectivity index (χ0v) is 24.5. The summed E-state index contributed by atoms with van der Waals surface area (Å²) >= 11 is 7.80. The van der Waals surface area contributed by atoms with Crippen LogP contribution >= 0.6 is 22.9 Å². The van der Waals surface area contributed by atoms with Gasteiger partial charge in [-0.25, -0.2) is 4.79 Å². The molecule has 0 fully saturated rings. The number of carbonyl (C=O) groups is 1. The number of thiophene rings is 1. The number of hydrogen-bond donors (Lipinski definition) is 1. The third kappa shape index (κ3) is 5.69. The Morgan fingerprint density at radius 3 is 2.68 bits per heavy atom. The van der Waals surface area contributed by atoms with E-state index in [-0.39, 0.29) is 17.2 Å². The number of carbonyl (C=O) groups excluding carboxylic acids is 1. The lowest BCUT2D eigenvalue weighted by atomic mass is 9.83. The smallest absolute Gasteiger partial charge is 0.355 e. The average Bonchev–Trinajstić information content (AvgIpc) is 3.28. The number of rotatable bonds is 9. The number of fused-ring (bicyclic) bond motifs is 2. The summed E-state index contributed by atoms with van der Waals surface area (Å²) in [5.74, 6) is 0.781. The van der Waals surface area contributed by atoms with Gasteiger partial charge in [-0.15, -0.1) is 11.3 Å². The normalized spacial score (nSPS) is 14.3. The zero-order chi connectivity index (χ0) is 29.1. The van der Waals surface area contributed by atoms with Gasteiger partial charge in [0.1, 0.15) is 28.0 Å². The van der Waals surface area contributed by atoms with E-state index in [0.717, 1.165) is 34.1 Å². The van der Waals surface area contributed by atoms with Crippen LogP contribution in [0.1, 0.15) is 59.0 Å². The van der Waals surface area contributed by atoms with Gasteiger partial charge in [-0.3, -0.25) is 0 Å². The van der Waals surface area contributed by atoms with Crippen LogP contribution in [0, 0.1) is 18.3 Å². The highest BCUT2D eigenvalue weighted by Crippen LogP contribution is 2.45. The van der Waals surface area contributed by atoms with E-state index in [1.165, 1.54) is 11.3 Å². The number of unbranched alkanes of at least 4 members (excludes halogenated alkanes) is 1. The largest absolute Gasteiger partial charge is 0.490 e. The quantitative estimate of drug-likeness (QED) is 0.120. The Morgan fingerprint density at radius 1 is 1.10 bits per heavy atom. The zero-order valence-electron chi connectivity index (χ0n) is 23.0. The number of benzene rings is 3. The summed E-state index contributed by atoms with van der Waals surface area (Å²) in [6.07, 6.45) is 1.95. The molecule has 1 atom stereocenters. The van der Waals surface area contributed by atoms with Gasteiger partial charge in [0.2, 0.25) is 5.88 Å². The Bertz CT molecular complexity index is 1700. The number of halogens is 1. The van der Waals surface area contributed by atoms with Crippen molar-refractivity contribution in [3.8, 4) is 29.1 Å². The lowest BCUT2D eigenvalue weighted by molar-refractivity contribution is 0.0740. The summed E-state index contributed by atoms with van der Waals surface area (Å²) in [5, 5.41) is 11.2. The van der Waals surface area contributed by atoms with E-state index in [2.05, 4.69) is 13.0 Å². The molecule has 1 aromatic heterocycles. The van der Waals surface area contributed by atoms with E-state index in [4.69, 9.17) is 36.3 Å². The molecule has 2 N–H and O–H groups in total. The molecule has 4 aromatic rings. The summed E-state index contributed by atoms with van der Waals surface area (Å²) in [7, 11) is 0. The van der Waals surface area contributed by atoms with E-state index in [1.807, 2.05) is 50.2 Å². The van der Waals surface area contributed by atoms with Crippen LogP contribution < -0.4 is 24.7 Å². The molecule has 0 aliphatic carbocycles. The van der Waals surface area contributed by atoms with Crippen molar-refractivity contribution in [2.45, 2.75) is 39.5 Å². The summed E-state index contributed by atoms with van der Waals surface area (Å²) in [4.78, 5) is 13.4. The molecule has 7 nitrogen and oxygen atoms in total. The van der Waals surface area contributed by atoms with Crippen molar-refractivity contribution in [2.24, 2.45) is 5.73 Å². The fraction of sp³-hybridized carbons (Fsp3) is 0.250. The van der Waals surface area contributed by atoms with Gasteiger partial charge in [0.25, 0.3) is 0 Å². The molecule has 3 aromatic carbocycles. The van der Waals surface area contributed by atoms with Crippen LogP contribution in [-0.2, 0) is 0 Å². The highest BCUT2D eigenvalue weighted by molar-refractivity contribution is 7.21. The first-order chi connectivity index (χ1) is 19.8. The maximum Gasteiger partial charge on any atom is 0.355 e. The third-order valence-corrected chi connectivity index (χ3v) is 8.37. The lowest BCUT2D eigenvalue weighted by Crippen LogP contribution is -2.21. The molecule has 1 aliphatic rings. The average molecular weight is 589 g/mol. The van der Waals surface area contributed by atoms with Gasteiger partial charge in [-0.05, 0) is 55.7 Å². The van der Waals surface area contributed by atoms with Crippen LogP contribution in [0.4, 0.5) is 0 Å². The van der Waals surface area contributed by atoms with E-state index in [0.29, 0.717) is 45.9 Å². The molecule has 0 bridgehead atoms. The predicted octanol–water partition coefficient (Wildman–Crippen LogP) is 7.88. The number of esters is 1. The molecule has 2 heterocycles. The maximum absolute atomic E-state index is 13.1. The fourth-order valence-corrected chi connectivity index (χ4v) is 6.20. The second-order valence-electron chi connectivity index (χ2n) is 9.60. The summed E-state index contributed by atoms with van der Waals surface area (Å²) in [5.41, 5.74) is 9.05. The molecular formula is C32H29ClN2O5S. The van der Waals surface area contributed by atoms with Crippen LogP contribution in [0.25, 0.3) is 10.1 Å². The highest BCUT2D eigenvalue weighted by Gasteiger charge is 2.32. The minimum absolute atomic E-state index is 0.0161. The first-order valence-electron chi connectivity index (χ1n) is 13.4. The topological polar surface area (TPSA) is 104 Å². The fourth-order valence-electron chi connectivity index (χ4n) is 4.72. The molecule has 5 rings (SSSR count). The van der Waals surface area contributed by atoms with E-state index in [1.54, 1.807) is 18.2 Å². The minimum atomic E-state index is -0.567. The first kappa shape index (κ1) is 28.3. The molecule has 41 heavy (non-hydrogen) atoms. The number of nitrogens with two attached hydrogens (primary N) is 1. The van der Waals surface area contributed by atoms with Gasteiger partial charge in [-0.1, -0.05) is 49.2 Å². The monoisotopic (exact) mass is 588 g/mol. The van der Waals surface area contributed by atoms with Gasteiger partial charge in [0.05, 0.1) is 24.2 Å². The number of aryl methyl sites for hydroxylation is 1. The van der Waals surface area contributed by atoms with Crippen LogP contribution in [0.15, 0.2) is 66.1 Å². The molecule has 210 valence electrons. The van der Waals surface area contributed by atoms with E-state index >= 15 is 0 Å². The molecule has 1 aliphatic heterocycles. The van der Waals surface area contributed by atoms with Crippen LogP contribution in [0.3, 0.4) is 0 Å². The molecule has 0 radical (unpaired) electrons. The van der Waals surface area contributed by atoms with Crippen molar-refractivity contribution in [1.82, 2.24) is 0 Å². The molecule has 0 spiro atoms. The van der Waals surface area contributed by atoms with Crippen molar-refractivity contribution in [3.05, 3.63) is 92.6 Å². The summed E-state index contributed by atoms with van der Waals surface area (Å²) in [6.45, 7) is 7.03. The Balaban J connectivity index is 1.47. The first-order valence-corrected chi connectivity index (χ1v) is 14.6. The van der Waals surface area contributed by atoms with Gasteiger partial charge in [0.15, 0.2) is 11.5 Å². The van der Waals surface area contributed by atoms with Crippen molar-refractivity contribution in [3.63, 3.8) is 0 Å². The van der Waals surface area contributed by atoms with Gasteiger partial charge in [-0.2, -0.15) is 5.26 Å². The van der Waals surface area contributed by atoms with Crippen molar-refractivity contribution >= 4 is 39.0 Å². The van der Waals surface area contributed by atoms with Gasteiger partial charge >= 0.3 is 5.97 Å². The van der Waals surface area contributed by atoms with Gasteiger partial charge in [0, 0.05) is 21.7 Å².